The molecule has 7 aliphatic rings. The van der Waals surface area contributed by atoms with Gasteiger partial charge >= 0.3 is 57.4 Å². The van der Waals surface area contributed by atoms with E-state index in [0.717, 1.165) is 33.2 Å². The van der Waals surface area contributed by atoms with E-state index < -0.39 is 248 Å². The minimum absolute atomic E-state index is 0.0132. The highest BCUT2D eigenvalue weighted by Crippen LogP contribution is 2.62. The number of imidazole rings is 3. The van der Waals surface area contributed by atoms with E-state index in [1.807, 2.05) is 0 Å². The van der Waals surface area contributed by atoms with Crippen LogP contribution in [0.3, 0.4) is 0 Å². The molecular formula is C64H84N22O32P6S6. The Kier molecular flexibility index (Phi) is 28.1. The van der Waals surface area contributed by atoms with Gasteiger partial charge in [-0.1, -0.05) is 13.8 Å². The predicted octanol–water partition coefficient (Wildman–Crippen LogP) is -0.580. The number of aliphatic hydroxyl groups is 1. The minimum Gasteiger partial charge on any atom is -0.394 e. The third-order valence-electron chi connectivity index (χ3n) is 22.5. The number of aliphatic hydroxyl groups excluding tert-OH is 1. The fourth-order valence-electron chi connectivity index (χ4n) is 16.1. The van der Waals surface area contributed by atoms with Crippen LogP contribution < -0.4 is 56.7 Å². The molecule has 28 atom stereocenters. The van der Waals surface area contributed by atoms with Gasteiger partial charge in [-0.2, -0.15) is 9.97 Å². The first-order valence-electron chi connectivity index (χ1n) is 38.9. The van der Waals surface area contributed by atoms with Gasteiger partial charge in [-0.3, -0.25) is 61.3 Å². The van der Waals surface area contributed by atoms with Crippen molar-refractivity contribution in [1.29, 1.82) is 0 Å². The zero-order valence-electron chi connectivity index (χ0n) is 68.2. The van der Waals surface area contributed by atoms with Crippen LogP contribution in [-0.2, 0) is 158 Å². The number of fused-ring (bicyclic) bond motifs is 5. The molecular weight excluding hydrogens is 1970 g/mol. The van der Waals surface area contributed by atoms with Crippen LogP contribution in [0.4, 0.5) is 23.4 Å². The van der Waals surface area contributed by atoms with E-state index in [1.54, 1.807) is 20.8 Å². The molecule has 16 rings (SSSR count). The second-order valence-corrected chi connectivity index (χ2v) is 47.7. The number of rotatable bonds is 35. The van der Waals surface area contributed by atoms with Crippen LogP contribution in [0, 0.1) is 25.7 Å². The van der Waals surface area contributed by atoms with Crippen molar-refractivity contribution in [3.05, 3.63) is 130 Å². The van der Waals surface area contributed by atoms with Crippen molar-refractivity contribution in [2.75, 3.05) is 69.7 Å². The van der Waals surface area contributed by atoms with Crippen molar-refractivity contribution in [3.63, 3.8) is 0 Å². The number of nitrogens with zero attached hydrogens (tertiary/aromatic N) is 15. The fraction of sp³-hybridized carbons (Fsp3) is 0.578. The molecule has 0 amide bonds. The van der Waals surface area contributed by atoms with Gasteiger partial charge in [0.2, 0.25) is 5.95 Å². The fourth-order valence-corrected chi connectivity index (χ4v) is 24.5. The average Bonchev–Trinajstić information content (AvgIpc) is 1.54. The number of nitrogens with one attached hydrogen (secondary N) is 3. The highest BCUT2D eigenvalue weighted by atomic mass is 32.5. The average molecular weight is 2050 g/mol. The first kappa shape index (κ1) is 96.9. The predicted molar refractivity (Wildman–Crippen MR) is 468 cm³/mol. The van der Waals surface area contributed by atoms with Gasteiger partial charge in [-0.05, 0) is 91.6 Å². The lowest BCUT2D eigenvalue weighted by atomic mass is 9.94. The van der Waals surface area contributed by atoms with Crippen LogP contribution in [0.15, 0.2) is 85.1 Å². The Hall–Kier alpha value is -6.25. The first-order valence-corrected chi connectivity index (χ1v) is 54.5. The lowest BCUT2D eigenvalue weighted by molar-refractivity contribution is -0.214. The number of aryl methyl sites for hydroxylation is 2. The summed E-state index contributed by atoms with van der Waals surface area (Å²) >= 11 is 33.6. The quantitative estimate of drug-likeness (QED) is 0.0221. The Morgan fingerprint density at radius 1 is 0.485 bits per heavy atom. The summed E-state index contributed by atoms with van der Waals surface area (Å²) in [5.41, 5.74) is 18.5. The van der Waals surface area contributed by atoms with E-state index in [0.29, 0.717) is 5.56 Å². The highest BCUT2D eigenvalue weighted by molar-refractivity contribution is 8.08. The zero-order chi connectivity index (χ0) is 93.1. The standard InChI is InChI=1S/C64H84N22O32P6S6/c1-25-12-83(62(92)77-49(25)65)57-27(3)45(33(14-87)110-57)116-122(97,128)104-18-37-46(28(4)58(111-37)86-24-75-44-54(86)78-60(68)79-56(44)90)117-124(99,130)105-19-64-29(5)106-47(59(112-64)85-23-74-43-51(67)70-21-72-53(43)85)48(64)118-123(98,129)103-17-35-31(10-40(108-35)82-13-26(2)55(89)80-63(82)93)114-120(95,126)102-16-36-32(11-41(109-36)84-22-73-42-50(66)69-20-71-52(42)84)115-121(96,127)101-15-34-30(113-119(94,125)100-6)9-39(107-34)81-8-7-38(88)76-61(81)91/h7-8,12-13,20-24,27-37,39-41,45-48,57-59,87H,9-11,14-19H2,1-6H3,(H,94,125)(H,95,126)(H,96,127)(H,97,128)(H,98,129)(H,99,130)(H2,65,77,92)(H2,66,69,71)(H2,67,70,72)(H,76,88,91)(H,80,89,93)(H3,68,78,79,90)/t27-,28-,29-,30?,31?,32?,33+,34+,35+,36+,37+,39+,40+,41+,45?,46?,47-,48?,57+,58+,59+,64-,119?,120?,121?,122?,123?,124?/m0/s1. The third kappa shape index (κ3) is 20.2. The summed E-state index contributed by atoms with van der Waals surface area (Å²) in [6.07, 6.45) is -15.4. The van der Waals surface area contributed by atoms with E-state index in [4.69, 9.17) is 181 Å². The maximum absolute atomic E-state index is 13.6. The maximum Gasteiger partial charge on any atom is 0.351 e. The van der Waals surface area contributed by atoms with Gasteiger partial charge in [0.05, 0.1) is 83.0 Å². The summed E-state index contributed by atoms with van der Waals surface area (Å²) in [7, 11) is 1.11. The number of nitrogens with two attached hydrogens (primary N) is 4. The van der Waals surface area contributed by atoms with Crippen LogP contribution in [0.5, 0.6) is 0 Å². The number of hydrogen-bond donors (Lipinski definition) is 14. The summed E-state index contributed by atoms with van der Waals surface area (Å²) in [5.74, 6) is -2.10. The van der Waals surface area contributed by atoms with Crippen molar-refractivity contribution in [2.45, 2.75) is 176 Å². The molecule has 9 aromatic rings. The Morgan fingerprint density at radius 3 is 1.52 bits per heavy atom. The molecule has 2 bridgehead atoms. The van der Waals surface area contributed by atoms with Crippen molar-refractivity contribution >= 4 is 168 Å². The molecule has 0 aliphatic carbocycles. The van der Waals surface area contributed by atoms with Crippen molar-refractivity contribution in [3.8, 4) is 0 Å². The van der Waals surface area contributed by atoms with Gasteiger partial charge in [-0.25, -0.2) is 49.3 Å². The lowest BCUT2D eigenvalue weighted by Crippen LogP contribution is -2.50. The monoisotopic (exact) mass is 2050 g/mol. The summed E-state index contributed by atoms with van der Waals surface area (Å²) in [4.78, 5) is 194. The van der Waals surface area contributed by atoms with Crippen molar-refractivity contribution in [2.24, 2.45) is 11.8 Å². The van der Waals surface area contributed by atoms with Gasteiger partial charge in [-0.15, -0.1) is 0 Å². The number of ether oxygens (including phenoxy) is 7. The van der Waals surface area contributed by atoms with Gasteiger partial charge in [0.25, 0.3) is 16.7 Å². The van der Waals surface area contributed by atoms with Crippen molar-refractivity contribution in [1.82, 2.24) is 87.2 Å². The van der Waals surface area contributed by atoms with Crippen LogP contribution in [0.2, 0.25) is 0 Å². The summed E-state index contributed by atoms with van der Waals surface area (Å²) in [5, 5.41) is 10.5. The molecule has 16 heterocycles. The number of aromatic amines is 3. The largest absolute Gasteiger partial charge is 0.394 e. The SMILES string of the molecule is COP(O)(=S)OC1C[C@H](n2ccc(=O)[nH]c2=O)O[C@@H]1COP(O)(=S)OC1C[C@H](n2cnc3c(N)ncnc32)O[C@@H]1COP(O)(=S)OC1C[C@H](n2cc(C)c(=O)[nH]c2=O)O[C@@H]1COP(O)(=S)OC1[C@@H]2O[C@@H](C)[C@]1(COP(O)(=S)OC1[C@@H](COP(O)(=S)OC3[C@@H](CO)O[C@@H](n4cc(C)c(N)nc4=O)[C@H]3C)O[C@@H](n3cnc4c(=O)[nH]c(N)nc43)[C@H]1C)O[C@H]2n1cnc2c(N)ncnc21. The van der Waals surface area contributed by atoms with E-state index in [9.17, 15) is 63.2 Å². The molecule has 12 unspecified atom stereocenters. The molecule has 54 nitrogen and oxygen atoms in total. The molecule has 0 radical (unpaired) electrons. The molecule has 66 heteroatoms. The summed E-state index contributed by atoms with van der Waals surface area (Å²) in [6.45, 7) is -23.8. The molecule has 7 fully saturated rings. The van der Waals surface area contributed by atoms with E-state index in [1.165, 1.54) is 71.4 Å². The van der Waals surface area contributed by atoms with Crippen LogP contribution in [0.1, 0.15) is 88.5 Å². The normalized spacial score (nSPS) is 32.0. The first-order chi connectivity index (χ1) is 61.3. The van der Waals surface area contributed by atoms with Gasteiger partial charge < -0.3 is 140 Å². The van der Waals surface area contributed by atoms with Crippen LogP contribution >= 0.6 is 40.3 Å². The molecule has 9 aromatic heterocycles. The topological polar surface area (TPSA) is 716 Å². The Bertz CT molecular complexity index is 6540. The second-order valence-electron chi connectivity index (χ2n) is 30.8. The Labute approximate surface area is 760 Å². The summed E-state index contributed by atoms with van der Waals surface area (Å²) in [6, 6.07) is 1.07. The maximum atomic E-state index is 13.6. The minimum atomic E-state index is -4.83. The lowest BCUT2D eigenvalue weighted by Gasteiger charge is -2.37. The number of anilines is 4. The summed E-state index contributed by atoms with van der Waals surface area (Å²) < 4.78 is 125. The number of H-pyrrole nitrogens is 3. The molecule has 7 aliphatic heterocycles. The third-order valence-corrected chi connectivity index (χ3v) is 32.0. The molecule has 130 heavy (non-hydrogen) atoms. The Morgan fingerprint density at radius 2 is 0.954 bits per heavy atom. The molecule has 18 N–H and O–H groups in total. The molecule has 0 aromatic carbocycles. The highest BCUT2D eigenvalue weighted by Gasteiger charge is 2.69. The van der Waals surface area contributed by atoms with E-state index >= 15 is 0 Å². The number of hydrogen-bond acceptors (Lipinski definition) is 45. The smallest absolute Gasteiger partial charge is 0.351 e. The second kappa shape index (κ2) is 37.7. The van der Waals surface area contributed by atoms with E-state index in [-0.39, 0.29) is 81.7 Å². The van der Waals surface area contributed by atoms with Crippen molar-refractivity contribution < 1.29 is 122 Å². The van der Waals surface area contributed by atoms with Crippen LogP contribution in [-0.4, -0.2) is 253 Å². The molecule has 708 valence electrons. The zero-order valence-corrected chi connectivity index (χ0v) is 78.4. The Balaban J connectivity index is 0.640. The molecule has 0 saturated carbocycles. The van der Waals surface area contributed by atoms with Crippen LogP contribution in [0.25, 0.3) is 33.5 Å². The van der Waals surface area contributed by atoms with Gasteiger partial charge in [0, 0.05) is 74.0 Å². The number of aromatic nitrogens is 18. The van der Waals surface area contributed by atoms with Gasteiger partial charge in [0.15, 0.2) is 40.3 Å². The van der Waals surface area contributed by atoms with E-state index in [2.05, 4.69) is 59.8 Å². The molecule has 0 spiro atoms. The molecule has 7 saturated heterocycles. The number of nitrogen functional groups attached to an aromatic ring is 4. The van der Waals surface area contributed by atoms with Gasteiger partial charge in [0.1, 0.15) is 121 Å².